The average molecular weight is 387 g/mol. The van der Waals surface area contributed by atoms with Gasteiger partial charge in [-0.15, -0.1) is 11.8 Å². The summed E-state index contributed by atoms with van der Waals surface area (Å²) >= 11 is 1.57. The molecule has 0 aliphatic rings. The lowest BCUT2D eigenvalue weighted by Gasteiger charge is -2.07. The quantitative estimate of drug-likeness (QED) is 0.328. The van der Waals surface area contributed by atoms with Gasteiger partial charge in [0.1, 0.15) is 17.2 Å². The van der Waals surface area contributed by atoms with Crippen molar-refractivity contribution in [3.63, 3.8) is 0 Å². The zero-order valence-electron chi connectivity index (χ0n) is 14.7. The molecular weight excluding hydrogens is 373 g/mol. The number of rotatable bonds is 4. The maximum Gasteiger partial charge on any atom is 0.167 e. The standard InChI is InChI=1S/C21H14FN5S/c22-18-9-8-14(19-16(18)7-4-10-23-19)12-28-21-17-11-26-27(20(17)24-13-25-21)15-5-2-1-3-6-15/h1-11,13H,12H2. The maximum absolute atomic E-state index is 14.0. The number of hydrogen-bond acceptors (Lipinski definition) is 5. The first kappa shape index (κ1) is 16.8. The number of fused-ring (bicyclic) bond motifs is 2. The third-order valence-corrected chi connectivity index (χ3v) is 5.55. The highest BCUT2D eigenvalue weighted by molar-refractivity contribution is 7.98. The molecule has 2 aromatic carbocycles. The molecule has 0 saturated heterocycles. The summed E-state index contributed by atoms with van der Waals surface area (Å²) in [5.74, 6) is 0.363. The molecule has 0 aliphatic heterocycles. The van der Waals surface area contributed by atoms with Crippen LogP contribution in [0.1, 0.15) is 5.56 Å². The van der Waals surface area contributed by atoms with E-state index in [0.29, 0.717) is 16.7 Å². The van der Waals surface area contributed by atoms with Crippen LogP contribution in [0.15, 0.2) is 78.3 Å². The first-order chi connectivity index (χ1) is 13.8. The van der Waals surface area contributed by atoms with E-state index in [1.165, 1.54) is 6.07 Å². The van der Waals surface area contributed by atoms with Crippen molar-refractivity contribution in [1.82, 2.24) is 24.7 Å². The topological polar surface area (TPSA) is 56.5 Å². The molecule has 0 aliphatic carbocycles. The number of nitrogens with zero attached hydrogens (tertiary/aromatic N) is 5. The smallest absolute Gasteiger partial charge is 0.167 e. The Balaban J connectivity index is 1.50. The van der Waals surface area contributed by atoms with Crippen LogP contribution >= 0.6 is 11.8 Å². The minimum atomic E-state index is -0.259. The summed E-state index contributed by atoms with van der Waals surface area (Å²) in [4.78, 5) is 13.2. The summed E-state index contributed by atoms with van der Waals surface area (Å²) in [6.07, 6.45) is 5.02. The lowest BCUT2D eigenvalue weighted by Crippen LogP contribution is -1.97. The van der Waals surface area contributed by atoms with E-state index < -0.39 is 0 Å². The van der Waals surface area contributed by atoms with Crippen LogP contribution in [0.3, 0.4) is 0 Å². The van der Waals surface area contributed by atoms with E-state index in [-0.39, 0.29) is 5.82 Å². The lowest BCUT2D eigenvalue weighted by atomic mass is 10.1. The van der Waals surface area contributed by atoms with E-state index in [1.807, 2.05) is 30.3 Å². The van der Waals surface area contributed by atoms with E-state index in [4.69, 9.17) is 0 Å². The normalized spacial score (nSPS) is 11.3. The number of thioether (sulfide) groups is 1. The second-order valence-corrected chi connectivity index (χ2v) is 7.17. The third-order valence-electron chi connectivity index (χ3n) is 4.49. The number of halogens is 1. The minimum Gasteiger partial charge on any atom is -0.256 e. The lowest BCUT2D eigenvalue weighted by molar-refractivity contribution is 0.639. The van der Waals surface area contributed by atoms with Crippen LogP contribution in [0, 0.1) is 5.82 Å². The van der Waals surface area contributed by atoms with E-state index in [1.54, 1.807) is 53.4 Å². The molecule has 7 heteroatoms. The second kappa shape index (κ2) is 7.01. The number of pyridine rings is 1. The Labute approximate surface area is 164 Å². The van der Waals surface area contributed by atoms with Crippen molar-refractivity contribution in [2.45, 2.75) is 10.8 Å². The van der Waals surface area contributed by atoms with Gasteiger partial charge in [0.25, 0.3) is 0 Å². The Morgan fingerprint density at radius 1 is 0.893 bits per heavy atom. The molecule has 0 saturated carbocycles. The van der Waals surface area contributed by atoms with Crippen molar-refractivity contribution >= 4 is 33.7 Å². The van der Waals surface area contributed by atoms with Gasteiger partial charge in [0.15, 0.2) is 5.65 Å². The van der Waals surface area contributed by atoms with Crippen molar-refractivity contribution in [2.24, 2.45) is 0 Å². The fourth-order valence-corrected chi connectivity index (χ4v) is 4.10. The van der Waals surface area contributed by atoms with Gasteiger partial charge >= 0.3 is 0 Å². The fourth-order valence-electron chi connectivity index (χ4n) is 3.15. The molecule has 0 spiro atoms. The van der Waals surface area contributed by atoms with Crippen molar-refractivity contribution in [2.75, 3.05) is 0 Å². The molecule has 3 heterocycles. The summed E-state index contributed by atoms with van der Waals surface area (Å²) in [7, 11) is 0. The Bertz CT molecular complexity index is 1290. The molecular formula is C21H14FN5S. The molecule has 0 bridgehead atoms. The average Bonchev–Trinajstić information content (AvgIpc) is 3.19. The van der Waals surface area contributed by atoms with Crippen LogP contribution in [-0.2, 0) is 5.75 Å². The molecule has 5 nitrogen and oxygen atoms in total. The summed E-state index contributed by atoms with van der Waals surface area (Å²) in [5, 5.41) is 6.73. The Hall–Kier alpha value is -3.32. The van der Waals surface area contributed by atoms with Crippen LogP contribution < -0.4 is 0 Å². The molecule has 0 amide bonds. The molecule has 0 radical (unpaired) electrons. The number of para-hydroxylation sites is 1. The van der Waals surface area contributed by atoms with Gasteiger partial charge in [-0.3, -0.25) is 4.98 Å². The highest BCUT2D eigenvalue weighted by atomic mass is 32.2. The highest BCUT2D eigenvalue weighted by Crippen LogP contribution is 2.30. The SMILES string of the molecule is Fc1ccc(CSc2ncnc3c2cnn3-c2ccccc2)c2ncccc12. The minimum absolute atomic E-state index is 0.259. The van der Waals surface area contributed by atoms with Gasteiger partial charge in [0.2, 0.25) is 0 Å². The van der Waals surface area contributed by atoms with Gasteiger partial charge in [0.05, 0.1) is 22.8 Å². The van der Waals surface area contributed by atoms with Gasteiger partial charge in [-0.1, -0.05) is 24.3 Å². The van der Waals surface area contributed by atoms with Crippen molar-refractivity contribution in [3.05, 3.63) is 84.7 Å². The van der Waals surface area contributed by atoms with Crippen molar-refractivity contribution in [3.8, 4) is 5.69 Å². The van der Waals surface area contributed by atoms with Crippen LogP contribution in [0.25, 0.3) is 27.6 Å². The first-order valence-corrected chi connectivity index (χ1v) is 9.69. The fraction of sp³-hybridized carbons (Fsp3) is 0.0476. The van der Waals surface area contributed by atoms with E-state index in [0.717, 1.165) is 27.3 Å². The van der Waals surface area contributed by atoms with Crippen LogP contribution in [0.2, 0.25) is 0 Å². The zero-order chi connectivity index (χ0) is 18.9. The molecule has 5 aromatic rings. The molecule has 28 heavy (non-hydrogen) atoms. The van der Waals surface area contributed by atoms with Crippen molar-refractivity contribution in [1.29, 1.82) is 0 Å². The van der Waals surface area contributed by atoms with Gasteiger partial charge in [0, 0.05) is 17.3 Å². The third kappa shape index (κ3) is 2.90. The van der Waals surface area contributed by atoms with Crippen LogP contribution in [0.4, 0.5) is 4.39 Å². The van der Waals surface area contributed by atoms with E-state index >= 15 is 0 Å². The van der Waals surface area contributed by atoms with Gasteiger partial charge in [-0.2, -0.15) is 5.10 Å². The maximum atomic E-state index is 14.0. The molecule has 0 fully saturated rings. The molecule has 0 atom stereocenters. The Kier molecular flexibility index (Phi) is 4.21. The predicted octanol–water partition coefficient (Wildman–Crippen LogP) is 4.80. The summed E-state index contributed by atoms with van der Waals surface area (Å²) in [6.45, 7) is 0. The monoisotopic (exact) mass is 387 g/mol. The second-order valence-electron chi connectivity index (χ2n) is 6.20. The zero-order valence-corrected chi connectivity index (χ0v) is 15.5. The molecule has 136 valence electrons. The number of aromatic nitrogens is 5. The van der Waals surface area contributed by atoms with E-state index in [2.05, 4.69) is 20.1 Å². The summed E-state index contributed by atoms with van der Waals surface area (Å²) in [6, 6.07) is 16.6. The van der Waals surface area contributed by atoms with E-state index in [9.17, 15) is 4.39 Å². The number of hydrogen-bond donors (Lipinski definition) is 0. The summed E-state index contributed by atoms with van der Waals surface area (Å²) < 4.78 is 15.8. The van der Waals surface area contributed by atoms with Gasteiger partial charge in [-0.25, -0.2) is 19.0 Å². The van der Waals surface area contributed by atoms with Gasteiger partial charge < -0.3 is 0 Å². The summed E-state index contributed by atoms with van der Waals surface area (Å²) in [5.41, 5.74) is 3.34. The van der Waals surface area contributed by atoms with Gasteiger partial charge in [-0.05, 0) is 35.9 Å². The molecule has 0 N–H and O–H groups in total. The first-order valence-electron chi connectivity index (χ1n) is 8.70. The number of benzene rings is 2. The van der Waals surface area contributed by atoms with Crippen LogP contribution in [-0.4, -0.2) is 24.7 Å². The Morgan fingerprint density at radius 3 is 2.68 bits per heavy atom. The molecule has 5 rings (SSSR count). The van der Waals surface area contributed by atoms with Crippen LogP contribution in [0.5, 0.6) is 0 Å². The van der Waals surface area contributed by atoms with Crippen molar-refractivity contribution < 1.29 is 4.39 Å². The predicted molar refractivity (Wildman–Crippen MR) is 108 cm³/mol. The highest BCUT2D eigenvalue weighted by Gasteiger charge is 2.13. The largest absolute Gasteiger partial charge is 0.256 e. The molecule has 0 unspecified atom stereocenters. The molecule has 3 aromatic heterocycles. The Morgan fingerprint density at radius 2 is 1.79 bits per heavy atom.